The van der Waals surface area contributed by atoms with Gasteiger partial charge in [0.15, 0.2) is 0 Å². The molecule has 0 saturated heterocycles. The van der Waals surface area contributed by atoms with E-state index < -0.39 is 4.92 Å². The fourth-order valence-corrected chi connectivity index (χ4v) is 2.44. The Morgan fingerprint density at radius 2 is 1.96 bits per heavy atom. The van der Waals surface area contributed by atoms with Gasteiger partial charge in [0.2, 0.25) is 5.95 Å². The number of nitro groups is 1. The van der Waals surface area contributed by atoms with Crippen LogP contribution in [-0.2, 0) is 6.42 Å². The minimum atomic E-state index is -0.452. The summed E-state index contributed by atoms with van der Waals surface area (Å²) in [6.07, 6.45) is 2.03. The van der Waals surface area contributed by atoms with Gasteiger partial charge in [0.05, 0.1) is 10.6 Å². The number of aromatic hydroxyl groups is 1. The minimum Gasteiger partial charge on any atom is -0.508 e. The van der Waals surface area contributed by atoms with Gasteiger partial charge >= 0.3 is 0 Å². The molecule has 7 heteroatoms. The third-order valence-electron chi connectivity index (χ3n) is 3.72. The Hall–Kier alpha value is -3.48. The Labute approximate surface area is 144 Å². The van der Waals surface area contributed by atoms with Crippen LogP contribution < -0.4 is 5.32 Å². The van der Waals surface area contributed by atoms with Gasteiger partial charge in [0.25, 0.3) is 5.69 Å². The predicted octanol–water partition coefficient (Wildman–Crippen LogP) is 3.73. The van der Waals surface area contributed by atoms with Gasteiger partial charge in [-0.3, -0.25) is 10.1 Å². The van der Waals surface area contributed by atoms with Crippen molar-refractivity contribution in [3.8, 4) is 5.75 Å². The lowest BCUT2D eigenvalue weighted by atomic mass is 10.0. The second kappa shape index (κ2) is 6.96. The van der Waals surface area contributed by atoms with Gasteiger partial charge < -0.3 is 10.4 Å². The van der Waals surface area contributed by atoms with Crippen LogP contribution in [-0.4, -0.2) is 20.0 Å². The molecule has 25 heavy (non-hydrogen) atoms. The fourth-order valence-electron chi connectivity index (χ4n) is 2.44. The zero-order chi connectivity index (χ0) is 17.8. The molecular formula is C18H16N4O3. The number of nitro benzene ring substituents is 1. The van der Waals surface area contributed by atoms with Crippen LogP contribution in [0.15, 0.2) is 54.7 Å². The maximum atomic E-state index is 11.1. The number of para-hydroxylation sites is 1. The monoisotopic (exact) mass is 336 g/mol. The molecule has 0 aliphatic carbocycles. The molecule has 3 aromatic rings. The molecule has 0 bridgehead atoms. The van der Waals surface area contributed by atoms with Crippen molar-refractivity contribution in [1.82, 2.24) is 9.97 Å². The average molecular weight is 336 g/mol. The number of phenols is 1. The van der Waals surface area contributed by atoms with Crippen molar-refractivity contribution in [3.05, 3.63) is 81.7 Å². The Kier molecular flexibility index (Phi) is 4.56. The molecule has 0 unspecified atom stereocenters. The molecule has 0 radical (unpaired) electrons. The van der Waals surface area contributed by atoms with Crippen LogP contribution in [0.2, 0.25) is 0 Å². The van der Waals surface area contributed by atoms with Crippen molar-refractivity contribution in [3.63, 3.8) is 0 Å². The molecule has 0 fully saturated rings. The number of anilines is 2. The van der Waals surface area contributed by atoms with E-state index in [-0.39, 0.29) is 11.4 Å². The highest BCUT2D eigenvalue weighted by atomic mass is 16.6. The summed E-state index contributed by atoms with van der Waals surface area (Å²) in [5, 5.41) is 24.1. The SMILES string of the molecule is Cc1ccnc(Nc2cc([N+](=O)[O-])ccc2Cc2ccccc2O)n1. The summed E-state index contributed by atoms with van der Waals surface area (Å²) in [6.45, 7) is 1.84. The molecule has 1 aromatic heterocycles. The molecule has 2 N–H and O–H groups in total. The summed E-state index contributed by atoms with van der Waals surface area (Å²) in [5.74, 6) is 0.539. The van der Waals surface area contributed by atoms with Gasteiger partial charge in [-0.05, 0) is 36.2 Å². The Morgan fingerprint density at radius 1 is 1.16 bits per heavy atom. The summed E-state index contributed by atoms with van der Waals surface area (Å²) in [6, 6.07) is 13.3. The highest BCUT2D eigenvalue weighted by Crippen LogP contribution is 2.29. The second-order valence-electron chi connectivity index (χ2n) is 5.55. The van der Waals surface area contributed by atoms with Gasteiger partial charge in [-0.2, -0.15) is 0 Å². The second-order valence-corrected chi connectivity index (χ2v) is 5.55. The first-order valence-electron chi connectivity index (χ1n) is 7.64. The summed E-state index contributed by atoms with van der Waals surface area (Å²) in [5.41, 5.74) is 2.80. The number of aromatic nitrogens is 2. The van der Waals surface area contributed by atoms with Crippen LogP contribution in [0.4, 0.5) is 17.3 Å². The molecule has 0 aliphatic rings. The molecule has 2 aromatic carbocycles. The normalized spacial score (nSPS) is 10.4. The smallest absolute Gasteiger partial charge is 0.271 e. The maximum absolute atomic E-state index is 11.1. The number of benzene rings is 2. The highest BCUT2D eigenvalue weighted by molar-refractivity contribution is 5.64. The van der Waals surface area contributed by atoms with Gasteiger partial charge in [0, 0.05) is 30.4 Å². The number of rotatable bonds is 5. The van der Waals surface area contributed by atoms with E-state index in [1.165, 1.54) is 12.1 Å². The lowest BCUT2D eigenvalue weighted by molar-refractivity contribution is -0.384. The Balaban J connectivity index is 1.99. The van der Waals surface area contributed by atoms with Crippen molar-refractivity contribution >= 4 is 17.3 Å². The van der Waals surface area contributed by atoms with E-state index in [4.69, 9.17) is 0 Å². The van der Waals surface area contributed by atoms with E-state index in [1.807, 2.05) is 19.1 Å². The van der Waals surface area contributed by atoms with Crippen LogP contribution in [0.5, 0.6) is 5.75 Å². The van der Waals surface area contributed by atoms with Crippen LogP contribution in [0.25, 0.3) is 0 Å². The lowest BCUT2D eigenvalue weighted by Crippen LogP contribution is -2.02. The lowest BCUT2D eigenvalue weighted by Gasteiger charge is -2.12. The zero-order valence-electron chi connectivity index (χ0n) is 13.5. The van der Waals surface area contributed by atoms with Gasteiger partial charge in [-0.1, -0.05) is 18.2 Å². The number of nitrogens with zero attached hydrogens (tertiary/aromatic N) is 3. The number of hydrogen-bond donors (Lipinski definition) is 2. The van der Waals surface area contributed by atoms with Crippen molar-refractivity contribution in [1.29, 1.82) is 0 Å². The number of non-ortho nitro benzene ring substituents is 1. The summed E-state index contributed by atoms with van der Waals surface area (Å²) < 4.78 is 0. The summed E-state index contributed by atoms with van der Waals surface area (Å²) >= 11 is 0. The maximum Gasteiger partial charge on any atom is 0.271 e. The average Bonchev–Trinajstić information content (AvgIpc) is 2.58. The molecule has 0 amide bonds. The summed E-state index contributed by atoms with van der Waals surface area (Å²) in [4.78, 5) is 19.0. The zero-order valence-corrected chi connectivity index (χ0v) is 13.5. The predicted molar refractivity (Wildman–Crippen MR) is 94.1 cm³/mol. The third kappa shape index (κ3) is 3.89. The topological polar surface area (TPSA) is 101 Å². The first-order valence-corrected chi connectivity index (χ1v) is 7.64. The van der Waals surface area contributed by atoms with Crippen LogP contribution in [0.1, 0.15) is 16.8 Å². The number of nitrogens with one attached hydrogen (secondary N) is 1. The fraction of sp³-hybridized carbons (Fsp3) is 0.111. The van der Waals surface area contributed by atoms with Crippen molar-refractivity contribution in [2.24, 2.45) is 0 Å². The van der Waals surface area contributed by atoms with E-state index in [2.05, 4.69) is 15.3 Å². The van der Waals surface area contributed by atoms with Crippen molar-refractivity contribution in [2.45, 2.75) is 13.3 Å². The molecular weight excluding hydrogens is 320 g/mol. The van der Waals surface area contributed by atoms with E-state index in [1.54, 1.807) is 30.5 Å². The van der Waals surface area contributed by atoms with Crippen LogP contribution in [0.3, 0.4) is 0 Å². The third-order valence-corrected chi connectivity index (χ3v) is 3.72. The van der Waals surface area contributed by atoms with Gasteiger partial charge in [-0.25, -0.2) is 9.97 Å². The molecule has 0 saturated carbocycles. The number of hydrogen-bond acceptors (Lipinski definition) is 6. The standard InChI is InChI=1S/C18H16N4O3/c1-12-8-9-19-18(20-12)21-16-11-15(22(24)25)7-6-13(16)10-14-4-2-3-5-17(14)23/h2-9,11,23H,10H2,1H3,(H,19,20,21). The van der Waals surface area contributed by atoms with Gasteiger partial charge in [-0.15, -0.1) is 0 Å². The molecule has 0 aliphatic heterocycles. The largest absolute Gasteiger partial charge is 0.508 e. The molecule has 126 valence electrons. The first-order chi connectivity index (χ1) is 12.0. The van der Waals surface area contributed by atoms with E-state index in [9.17, 15) is 15.2 Å². The molecule has 3 rings (SSSR count). The van der Waals surface area contributed by atoms with Crippen LogP contribution in [0, 0.1) is 17.0 Å². The van der Waals surface area contributed by atoms with Crippen molar-refractivity contribution < 1.29 is 10.0 Å². The number of aryl methyl sites for hydroxylation is 1. The first kappa shape index (κ1) is 16.4. The van der Waals surface area contributed by atoms with Crippen molar-refractivity contribution in [2.75, 3.05) is 5.32 Å². The molecule has 7 nitrogen and oxygen atoms in total. The molecule has 0 atom stereocenters. The van der Waals surface area contributed by atoms with E-state index in [0.717, 1.165) is 16.8 Å². The molecule has 1 heterocycles. The van der Waals surface area contributed by atoms with E-state index >= 15 is 0 Å². The minimum absolute atomic E-state index is 0.0313. The Morgan fingerprint density at radius 3 is 2.68 bits per heavy atom. The Bertz CT molecular complexity index is 928. The quantitative estimate of drug-likeness (QED) is 0.544. The van der Waals surface area contributed by atoms with Crippen LogP contribution >= 0.6 is 0 Å². The number of phenolic OH excluding ortho intramolecular Hbond substituents is 1. The van der Waals surface area contributed by atoms with E-state index in [0.29, 0.717) is 18.1 Å². The molecule has 0 spiro atoms. The van der Waals surface area contributed by atoms with Gasteiger partial charge in [0.1, 0.15) is 5.75 Å². The summed E-state index contributed by atoms with van der Waals surface area (Å²) in [7, 11) is 0. The highest BCUT2D eigenvalue weighted by Gasteiger charge is 2.13.